The quantitative estimate of drug-likeness (QED) is 0.597. The molecule has 5 aliphatic rings. The van der Waals surface area contributed by atoms with Crippen molar-refractivity contribution < 1.29 is 28.3 Å². The molecule has 4 fully saturated rings. The van der Waals surface area contributed by atoms with E-state index in [2.05, 4.69) is 0 Å². The molecule has 1 saturated heterocycles. The van der Waals surface area contributed by atoms with Crippen LogP contribution in [0.5, 0.6) is 0 Å². The van der Waals surface area contributed by atoms with Crippen LogP contribution in [0.2, 0.25) is 5.02 Å². The minimum absolute atomic E-state index is 0.0111. The molecule has 1 aliphatic heterocycles. The van der Waals surface area contributed by atoms with Crippen LogP contribution in [0.1, 0.15) is 45.6 Å². The van der Waals surface area contributed by atoms with E-state index in [1.54, 1.807) is 24.1 Å². The Bertz CT molecular complexity index is 1230. The van der Waals surface area contributed by atoms with Gasteiger partial charge in [-0.15, -0.1) is 0 Å². The zero-order valence-electron chi connectivity index (χ0n) is 21.2. The number of carbonyl (C=O) groups excluding carboxylic acids is 2. The fourth-order valence-corrected chi connectivity index (χ4v) is 8.99. The predicted octanol–water partition coefficient (Wildman–Crippen LogP) is 4.96. The molecule has 0 aromatic heterocycles. The van der Waals surface area contributed by atoms with Crippen LogP contribution in [0.3, 0.4) is 0 Å². The van der Waals surface area contributed by atoms with Gasteiger partial charge in [-0.25, -0.2) is 8.78 Å². The summed E-state index contributed by atoms with van der Waals surface area (Å²) >= 11 is 6.02. The number of allylic oxidation sites excluding steroid dienone is 4. The van der Waals surface area contributed by atoms with E-state index in [0.717, 1.165) is 5.56 Å². The summed E-state index contributed by atoms with van der Waals surface area (Å²) in [5.74, 6) is -1.93. The molecule has 1 heterocycles. The summed E-state index contributed by atoms with van der Waals surface area (Å²) in [5.41, 5.74) is -4.63. The second kappa shape index (κ2) is 8.04. The van der Waals surface area contributed by atoms with Crippen LogP contribution in [0.15, 0.2) is 48.1 Å². The number of ketones is 2. The first-order valence-electron chi connectivity index (χ1n) is 13.0. The molecule has 1 aromatic rings. The number of aliphatic hydroxyl groups is 1. The monoisotopic (exact) mass is 531 g/mol. The summed E-state index contributed by atoms with van der Waals surface area (Å²) in [6.07, 6.45) is 1.33. The van der Waals surface area contributed by atoms with Gasteiger partial charge in [0, 0.05) is 40.8 Å². The standard InChI is InChI=1S/C29H32ClF2NO4/c1-16(34)29-18(15-33(37-29)14-17-4-6-19(30)7-5-17)10-21-22-12-24(31)23-11-20(35)8-9-26(23,2)28(22,32)25(36)13-27(21,29)3/h4-9,11,18,21-22,24-25,36H,10,12-15H2,1-3H3. The van der Waals surface area contributed by atoms with E-state index in [-0.39, 0.29) is 41.8 Å². The fourth-order valence-electron chi connectivity index (χ4n) is 8.87. The number of hydrogen-bond acceptors (Lipinski definition) is 5. The molecule has 9 unspecified atom stereocenters. The molecule has 0 bridgehead atoms. The highest BCUT2D eigenvalue weighted by atomic mass is 35.5. The Morgan fingerprint density at radius 2 is 1.92 bits per heavy atom. The number of nitrogens with zero attached hydrogens (tertiary/aromatic N) is 1. The van der Waals surface area contributed by atoms with Gasteiger partial charge in [-0.2, -0.15) is 5.06 Å². The molecular formula is C29H32ClF2NO4. The Morgan fingerprint density at radius 1 is 1.22 bits per heavy atom. The molecule has 0 radical (unpaired) electrons. The van der Waals surface area contributed by atoms with Crippen molar-refractivity contribution in [3.63, 3.8) is 0 Å². The Hall–Kier alpha value is -1.93. The SMILES string of the molecule is CC(=O)C12ON(Cc3ccc(Cl)cc3)CC1CC1C3CC(F)C4=CC(=O)C=CC4(C)C3(F)C(O)CC12C. The number of alkyl halides is 2. The van der Waals surface area contributed by atoms with Crippen molar-refractivity contribution in [1.82, 2.24) is 5.06 Å². The highest BCUT2D eigenvalue weighted by molar-refractivity contribution is 6.30. The number of fused-ring (bicyclic) bond motifs is 7. The van der Waals surface area contributed by atoms with Crippen LogP contribution in [0, 0.1) is 28.6 Å². The summed E-state index contributed by atoms with van der Waals surface area (Å²) in [4.78, 5) is 32.0. The average Bonchev–Trinajstić information content (AvgIpc) is 3.31. The van der Waals surface area contributed by atoms with Crippen molar-refractivity contribution in [1.29, 1.82) is 0 Å². The summed E-state index contributed by atoms with van der Waals surface area (Å²) in [6.45, 7) is 5.95. The molecule has 4 aliphatic carbocycles. The maximum atomic E-state index is 17.4. The molecule has 5 nitrogen and oxygen atoms in total. The molecule has 8 heteroatoms. The molecule has 1 N–H and O–H groups in total. The normalized spacial score (nSPS) is 46.6. The van der Waals surface area contributed by atoms with Crippen LogP contribution in [-0.4, -0.2) is 51.8 Å². The first-order valence-corrected chi connectivity index (χ1v) is 13.4. The van der Waals surface area contributed by atoms with E-state index >= 15 is 8.78 Å². The Balaban J connectivity index is 1.38. The number of Topliss-reactive ketones (excluding diaryl/α,β-unsaturated/α-hetero) is 1. The second-order valence-electron chi connectivity index (χ2n) is 12.1. The first-order chi connectivity index (χ1) is 17.4. The molecule has 6 rings (SSSR count). The van der Waals surface area contributed by atoms with Gasteiger partial charge in [0.15, 0.2) is 22.8 Å². The highest BCUT2D eigenvalue weighted by Gasteiger charge is 2.79. The lowest BCUT2D eigenvalue weighted by Gasteiger charge is -2.63. The highest BCUT2D eigenvalue weighted by Crippen LogP contribution is 2.72. The molecule has 1 aromatic carbocycles. The van der Waals surface area contributed by atoms with E-state index in [1.807, 2.05) is 19.1 Å². The third-order valence-electron chi connectivity index (χ3n) is 10.5. The van der Waals surface area contributed by atoms with Crippen molar-refractivity contribution in [2.75, 3.05) is 6.54 Å². The summed E-state index contributed by atoms with van der Waals surface area (Å²) < 4.78 is 33.0. The van der Waals surface area contributed by atoms with E-state index in [4.69, 9.17) is 16.4 Å². The molecule has 37 heavy (non-hydrogen) atoms. The van der Waals surface area contributed by atoms with E-state index < -0.39 is 40.3 Å². The van der Waals surface area contributed by atoms with Crippen molar-refractivity contribution in [3.05, 3.63) is 58.7 Å². The van der Waals surface area contributed by atoms with Crippen molar-refractivity contribution in [3.8, 4) is 0 Å². The van der Waals surface area contributed by atoms with Gasteiger partial charge >= 0.3 is 0 Å². The molecule has 9 atom stereocenters. The molecule has 3 saturated carbocycles. The number of aliphatic hydroxyl groups excluding tert-OH is 1. The van der Waals surface area contributed by atoms with E-state index in [1.165, 1.54) is 25.2 Å². The van der Waals surface area contributed by atoms with Gasteiger partial charge in [-0.3, -0.25) is 14.4 Å². The van der Waals surface area contributed by atoms with Gasteiger partial charge in [-0.05, 0) is 74.4 Å². The lowest BCUT2D eigenvalue weighted by atomic mass is 9.44. The number of carbonyl (C=O) groups is 2. The van der Waals surface area contributed by atoms with Gasteiger partial charge in [0.2, 0.25) is 0 Å². The summed E-state index contributed by atoms with van der Waals surface area (Å²) in [7, 11) is 0. The second-order valence-corrected chi connectivity index (χ2v) is 12.6. The number of rotatable bonds is 3. The van der Waals surface area contributed by atoms with Crippen molar-refractivity contribution in [2.45, 2.75) is 70.1 Å². The van der Waals surface area contributed by atoms with Crippen molar-refractivity contribution >= 4 is 23.2 Å². The number of hydrogen-bond donors (Lipinski definition) is 1. The molecular weight excluding hydrogens is 500 g/mol. The lowest BCUT2D eigenvalue weighted by Crippen LogP contribution is -2.70. The number of halogens is 3. The van der Waals surface area contributed by atoms with Crippen LogP contribution in [-0.2, 0) is 21.0 Å². The van der Waals surface area contributed by atoms with Gasteiger partial charge in [-0.1, -0.05) is 36.7 Å². The van der Waals surface area contributed by atoms with Crippen molar-refractivity contribution in [2.24, 2.45) is 28.6 Å². The van der Waals surface area contributed by atoms with Crippen LogP contribution >= 0.6 is 11.6 Å². The Labute approximate surface area is 220 Å². The first kappa shape index (κ1) is 25.4. The summed E-state index contributed by atoms with van der Waals surface area (Å²) in [6, 6.07) is 7.42. The number of hydroxylamine groups is 2. The minimum Gasteiger partial charge on any atom is -0.390 e. The summed E-state index contributed by atoms with van der Waals surface area (Å²) in [5, 5.41) is 14.0. The van der Waals surface area contributed by atoms with E-state index in [9.17, 15) is 14.7 Å². The molecule has 198 valence electrons. The average molecular weight is 532 g/mol. The van der Waals surface area contributed by atoms with Gasteiger partial charge in [0.05, 0.1) is 6.10 Å². The minimum atomic E-state index is -2.16. The van der Waals surface area contributed by atoms with Gasteiger partial charge < -0.3 is 5.11 Å². The predicted molar refractivity (Wildman–Crippen MR) is 134 cm³/mol. The maximum Gasteiger partial charge on any atom is 0.178 e. The molecule has 0 spiro atoms. The van der Waals surface area contributed by atoms with E-state index in [0.29, 0.717) is 24.5 Å². The maximum absolute atomic E-state index is 17.4. The van der Waals surface area contributed by atoms with Crippen LogP contribution in [0.25, 0.3) is 0 Å². The zero-order chi connectivity index (χ0) is 26.5. The zero-order valence-corrected chi connectivity index (χ0v) is 22.0. The lowest BCUT2D eigenvalue weighted by molar-refractivity contribution is -0.268. The number of benzene rings is 1. The fraction of sp³-hybridized carbons (Fsp3) is 0.586. The molecule has 0 amide bonds. The van der Waals surface area contributed by atoms with Gasteiger partial charge in [0.1, 0.15) is 6.17 Å². The topological polar surface area (TPSA) is 66.8 Å². The Morgan fingerprint density at radius 3 is 2.59 bits per heavy atom. The van der Waals surface area contributed by atoms with Gasteiger partial charge in [0.25, 0.3) is 0 Å². The Kier molecular flexibility index (Phi) is 5.51. The smallest absolute Gasteiger partial charge is 0.178 e. The van der Waals surface area contributed by atoms with Crippen LogP contribution in [0.4, 0.5) is 8.78 Å². The largest absolute Gasteiger partial charge is 0.390 e. The van der Waals surface area contributed by atoms with Crippen LogP contribution < -0.4 is 0 Å². The third-order valence-corrected chi connectivity index (χ3v) is 10.7. The third kappa shape index (κ3) is 3.11.